The van der Waals surface area contributed by atoms with Crippen LogP contribution in [0.1, 0.15) is 19.4 Å². The van der Waals surface area contributed by atoms with E-state index in [0.717, 1.165) is 22.2 Å². The van der Waals surface area contributed by atoms with E-state index in [1.807, 2.05) is 60.7 Å². The van der Waals surface area contributed by atoms with Crippen LogP contribution >= 0.6 is 11.8 Å². The van der Waals surface area contributed by atoms with Crippen molar-refractivity contribution >= 4 is 29.6 Å². The minimum atomic E-state index is -1.32. The van der Waals surface area contributed by atoms with Gasteiger partial charge in [-0.3, -0.25) is 14.4 Å². The Morgan fingerprint density at radius 1 is 0.900 bits per heavy atom. The molecule has 2 aromatic rings. The standard InChI is InChI=1S/C23H25NO5S/c1-3-28-22(26)19(23(27)29-4-2)15-20(30-18-13-9-6-10-14-18)21(25)24-16-17-11-7-5-8-12-17/h5-15,19H,3-4,16H2,1-2H3,(H,24,25)/b20-15-. The van der Waals surface area contributed by atoms with Gasteiger partial charge in [0.2, 0.25) is 0 Å². The second-order valence-corrected chi connectivity index (χ2v) is 7.21. The van der Waals surface area contributed by atoms with E-state index >= 15 is 0 Å². The summed E-state index contributed by atoms with van der Waals surface area (Å²) in [5, 5.41) is 2.83. The van der Waals surface area contributed by atoms with Crippen molar-refractivity contribution in [1.82, 2.24) is 5.32 Å². The highest BCUT2D eigenvalue weighted by molar-refractivity contribution is 8.04. The van der Waals surface area contributed by atoms with Crippen LogP contribution in [0.3, 0.4) is 0 Å². The van der Waals surface area contributed by atoms with Gasteiger partial charge >= 0.3 is 11.9 Å². The fraction of sp³-hybridized carbons (Fsp3) is 0.261. The van der Waals surface area contributed by atoms with E-state index < -0.39 is 23.8 Å². The quantitative estimate of drug-likeness (QED) is 0.269. The molecule has 30 heavy (non-hydrogen) atoms. The van der Waals surface area contributed by atoms with E-state index in [1.165, 1.54) is 6.08 Å². The van der Waals surface area contributed by atoms with E-state index in [4.69, 9.17) is 9.47 Å². The van der Waals surface area contributed by atoms with E-state index in [9.17, 15) is 14.4 Å². The Balaban J connectivity index is 2.29. The summed E-state index contributed by atoms with van der Waals surface area (Å²) >= 11 is 1.16. The Hall–Kier alpha value is -3.06. The van der Waals surface area contributed by atoms with E-state index in [0.29, 0.717) is 6.54 Å². The average Bonchev–Trinajstić information content (AvgIpc) is 2.76. The summed E-state index contributed by atoms with van der Waals surface area (Å²) in [6.45, 7) is 3.84. The average molecular weight is 428 g/mol. The maximum absolute atomic E-state index is 12.9. The molecule has 0 aliphatic rings. The van der Waals surface area contributed by atoms with Gasteiger partial charge in [0.1, 0.15) is 0 Å². The predicted octanol–water partition coefficient (Wildman–Crippen LogP) is 3.72. The molecule has 158 valence electrons. The first-order valence-electron chi connectivity index (χ1n) is 9.65. The Morgan fingerprint density at radius 3 is 1.97 bits per heavy atom. The molecule has 0 bridgehead atoms. The zero-order valence-corrected chi connectivity index (χ0v) is 17.8. The Labute approximate surface area is 180 Å². The summed E-state index contributed by atoms with van der Waals surface area (Å²) in [4.78, 5) is 38.6. The number of hydrogen-bond acceptors (Lipinski definition) is 6. The van der Waals surface area contributed by atoms with Crippen molar-refractivity contribution in [2.24, 2.45) is 5.92 Å². The molecule has 2 aromatic carbocycles. The van der Waals surface area contributed by atoms with Gasteiger partial charge in [-0.2, -0.15) is 0 Å². The van der Waals surface area contributed by atoms with Crippen molar-refractivity contribution in [2.75, 3.05) is 13.2 Å². The number of nitrogens with one attached hydrogen (secondary N) is 1. The maximum atomic E-state index is 12.9. The number of hydrogen-bond donors (Lipinski definition) is 1. The third kappa shape index (κ3) is 7.40. The van der Waals surface area contributed by atoms with Crippen molar-refractivity contribution < 1.29 is 23.9 Å². The normalized spacial score (nSPS) is 11.1. The predicted molar refractivity (Wildman–Crippen MR) is 115 cm³/mol. The molecule has 1 amide bonds. The fourth-order valence-corrected chi connectivity index (χ4v) is 3.40. The smallest absolute Gasteiger partial charge is 0.324 e. The molecule has 0 unspecified atom stereocenters. The first-order chi connectivity index (χ1) is 14.5. The van der Waals surface area contributed by atoms with Crippen LogP contribution in [0.15, 0.2) is 76.5 Å². The van der Waals surface area contributed by atoms with Crippen LogP contribution in [0, 0.1) is 5.92 Å². The second kappa shape index (κ2) is 12.5. The number of thioether (sulfide) groups is 1. The lowest BCUT2D eigenvalue weighted by Crippen LogP contribution is -2.29. The Bertz CT molecular complexity index is 850. The van der Waals surface area contributed by atoms with Crippen LogP contribution in [0.5, 0.6) is 0 Å². The zero-order valence-electron chi connectivity index (χ0n) is 17.0. The summed E-state index contributed by atoms with van der Waals surface area (Å²) in [5.74, 6) is -3.22. The lowest BCUT2D eigenvalue weighted by Gasteiger charge is -2.14. The van der Waals surface area contributed by atoms with E-state index in [1.54, 1.807) is 13.8 Å². The summed E-state index contributed by atoms with van der Waals surface area (Å²) in [7, 11) is 0. The van der Waals surface area contributed by atoms with Gasteiger partial charge < -0.3 is 14.8 Å². The first kappa shape index (κ1) is 23.2. The number of amides is 1. The highest BCUT2D eigenvalue weighted by Gasteiger charge is 2.29. The number of esters is 2. The molecule has 6 nitrogen and oxygen atoms in total. The van der Waals surface area contributed by atoms with Gasteiger partial charge in [-0.25, -0.2) is 0 Å². The van der Waals surface area contributed by atoms with Crippen molar-refractivity contribution in [3.63, 3.8) is 0 Å². The van der Waals surface area contributed by atoms with Gasteiger partial charge in [0.25, 0.3) is 5.91 Å². The van der Waals surface area contributed by atoms with Crippen molar-refractivity contribution in [1.29, 1.82) is 0 Å². The van der Waals surface area contributed by atoms with Crippen LogP contribution in [0.4, 0.5) is 0 Å². The third-order valence-electron chi connectivity index (χ3n) is 3.89. The zero-order chi connectivity index (χ0) is 21.8. The van der Waals surface area contributed by atoms with Gasteiger partial charge in [-0.05, 0) is 37.6 Å². The summed E-state index contributed by atoms with van der Waals surface area (Å²) in [6.07, 6.45) is 1.31. The van der Waals surface area contributed by atoms with Crippen LogP contribution in [0.25, 0.3) is 0 Å². The molecule has 0 aliphatic heterocycles. The minimum absolute atomic E-state index is 0.115. The topological polar surface area (TPSA) is 81.7 Å². The monoisotopic (exact) mass is 427 g/mol. The molecule has 7 heteroatoms. The summed E-state index contributed by atoms with van der Waals surface area (Å²) in [6, 6.07) is 18.7. The lowest BCUT2D eigenvalue weighted by atomic mass is 10.1. The molecule has 0 fully saturated rings. The number of benzene rings is 2. The number of rotatable bonds is 10. The molecule has 0 aromatic heterocycles. The van der Waals surface area contributed by atoms with Crippen molar-refractivity contribution in [3.05, 3.63) is 77.2 Å². The molecule has 0 aliphatic carbocycles. The van der Waals surface area contributed by atoms with Gasteiger partial charge in [0, 0.05) is 11.4 Å². The van der Waals surface area contributed by atoms with E-state index in [-0.39, 0.29) is 18.1 Å². The van der Waals surface area contributed by atoms with Crippen molar-refractivity contribution in [2.45, 2.75) is 25.3 Å². The highest BCUT2D eigenvalue weighted by atomic mass is 32.2. The number of carbonyl (C=O) groups excluding carboxylic acids is 3. The third-order valence-corrected chi connectivity index (χ3v) is 4.94. The largest absolute Gasteiger partial charge is 0.465 e. The molecule has 0 spiro atoms. The number of carbonyl (C=O) groups is 3. The fourth-order valence-electron chi connectivity index (χ4n) is 2.48. The minimum Gasteiger partial charge on any atom is -0.465 e. The van der Waals surface area contributed by atoms with Crippen LogP contribution in [-0.4, -0.2) is 31.1 Å². The van der Waals surface area contributed by atoms with Gasteiger partial charge in [0.15, 0.2) is 5.92 Å². The Kier molecular flexibility index (Phi) is 9.67. The SMILES string of the molecule is CCOC(=O)C(/C=C(\Sc1ccccc1)C(=O)NCc1ccccc1)C(=O)OCC. The van der Waals surface area contributed by atoms with Crippen molar-refractivity contribution in [3.8, 4) is 0 Å². The van der Waals surface area contributed by atoms with E-state index in [2.05, 4.69) is 5.32 Å². The first-order valence-corrected chi connectivity index (χ1v) is 10.5. The molecule has 0 saturated heterocycles. The Morgan fingerprint density at radius 2 is 1.43 bits per heavy atom. The molecular formula is C23H25NO5S. The molecular weight excluding hydrogens is 402 g/mol. The van der Waals surface area contributed by atoms with Crippen LogP contribution in [0.2, 0.25) is 0 Å². The number of ether oxygens (including phenoxy) is 2. The van der Waals surface area contributed by atoms with Gasteiger partial charge in [0.05, 0.1) is 18.1 Å². The highest BCUT2D eigenvalue weighted by Crippen LogP contribution is 2.28. The maximum Gasteiger partial charge on any atom is 0.324 e. The molecule has 1 N–H and O–H groups in total. The van der Waals surface area contributed by atoms with Gasteiger partial charge in [-0.1, -0.05) is 60.3 Å². The summed E-state index contributed by atoms with van der Waals surface area (Å²) in [5.41, 5.74) is 0.933. The van der Waals surface area contributed by atoms with Crippen LogP contribution < -0.4 is 5.32 Å². The molecule has 2 rings (SSSR count). The molecule has 0 radical (unpaired) electrons. The molecule has 0 atom stereocenters. The lowest BCUT2D eigenvalue weighted by molar-refractivity contribution is -0.158. The van der Waals surface area contributed by atoms with Crippen LogP contribution in [-0.2, 0) is 30.4 Å². The molecule has 0 heterocycles. The van der Waals surface area contributed by atoms with Gasteiger partial charge in [-0.15, -0.1) is 0 Å². The molecule has 0 saturated carbocycles. The summed E-state index contributed by atoms with van der Waals surface area (Å²) < 4.78 is 10.0. The second-order valence-electron chi connectivity index (χ2n) is 6.10.